The standard InChI is InChI=1S/C23H28N2O3/c1-4-21(17-8-6-16(3)7-9-17)24-23(27)18-14-22(26)25(15-18)19-10-12-20(13-11-19)28-5-2/h6-13,18,21H,4-5,14-15H2,1-3H3,(H,24,27). The minimum atomic E-state index is -0.335. The first-order chi connectivity index (χ1) is 13.5. The summed E-state index contributed by atoms with van der Waals surface area (Å²) in [7, 11) is 0. The molecule has 0 aromatic heterocycles. The Hall–Kier alpha value is -2.82. The van der Waals surface area contributed by atoms with E-state index in [-0.39, 0.29) is 30.2 Å². The molecule has 1 heterocycles. The summed E-state index contributed by atoms with van der Waals surface area (Å²) in [6, 6.07) is 15.6. The molecule has 0 radical (unpaired) electrons. The largest absolute Gasteiger partial charge is 0.494 e. The number of carbonyl (C=O) groups excluding carboxylic acids is 2. The first kappa shape index (κ1) is 19.9. The van der Waals surface area contributed by atoms with Crippen LogP contribution in [0.2, 0.25) is 0 Å². The number of benzene rings is 2. The van der Waals surface area contributed by atoms with Crippen molar-refractivity contribution in [3.05, 3.63) is 59.7 Å². The Bertz CT molecular complexity index is 815. The Balaban J connectivity index is 1.64. The highest BCUT2D eigenvalue weighted by atomic mass is 16.5. The van der Waals surface area contributed by atoms with Gasteiger partial charge in [0.15, 0.2) is 0 Å². The fourth-order valence-corrected chi connectivity index (χ4v) is 3.53. The molecule has 28 heavy (non-hydrogen) atoms. The van der Waals surface area contributed by atoms with E-state index in [9.17, 15) is 9.59 Å². The zero-order valence-corrected chi connectivity index (χ0v) is 16.8. The van der Waals surface area contributed by atoms with Crippen LogP contribution in [0.15, 0.2) is 48.5 Å². The van der Waals surface area contributed by atoms with Crippen molar-refractivity contribution in [1.29, 1.82) is 0 Å². The molecule has 1 fully saturated rings. The molecule has 2 unspecified atom stereocenters. The zero-order valence-electron chi connectivity index (χ0n) is 16.8. The maximum atomic E-state index is 12.8. The average molecular weight is 380 g/mol. The molecular formula is C23H28N2O3. The molecule has 5 heteroatoms. The van der Waals surface area contributed by atoms with E-state index in [4.69, 9.17) is 4.74 Å². The van der Waals surface area contributed by atoms with Crippen LogP contribution >= 0.6 is 0 Å². The minimum absolute atomic E-state index is 0.0207. The number of aryl methyl sites for hydroxylation is 1. The van der Waals surface area contributed by atoms with Crippen LogP contribution in [0, 0.1) is 12.8 Å². The van der Waals surface area contributed by atoms with Crippen LogP contribution in [0.1, 0.15) is 43.9 Å². The smallest absolute Gasteiger partial charge is 0.227 e. The number of ether oxygens (including phenoxy) is 1. The second-order valence-electron chi connectivity index (χ2n) is 7.21. The van der Waals surface area contributed by atoms with E-state index in [1.165, 1.54) is 5.56 Å². The topological polar surface area (TPSA) is 58.6 Å². The molecule has 0 aliphatic carbocycles. The van der Waals surface area contributed by atoms with Gasteiger partial charge >= 0.3 is 0 Å². The van der Waals surface area contributed by atoms with Gasteiger partial charge in [-0.05, 0) is 50.1 Å². The maximum absolute atomic E-state index is 12.8. The fraction of sp³-hybridized carbons (Fsp3) is 0.391. The van der Waals surface area contributed by atoms with Gasteiger partial charge in [0.25, 0.3) is 0 Å². The minimum Gasteiger partial charge on any atom is -0.494 e. The number of hydrogen-bond donors (Lipinski definition) is 1. The summed E-state index contributed by atoms with van der Waals surface area (Å²) in [4.78, 5) is 27.0. The van der Waals surface area contributed by atoms with Gasteiger partial charge in [-0.15, -0.1) is 0 Å². The third kappa shape index (κ3) is 4.53. The number of nitrogens with zero attached hydrogens (tertiary/aromatic N) is 1. The molecule has 2 aromatic carbocycles. The second kappa shape index (κ2) is 8.91. The van der Waals surface area contributed by atoms with E-state index in [1.807, 2.05) is 38.1 Å². The third-order valence-electron chi connectivity index (χ3n) is 5.16. The van der Waals surface area contributed by atoms with E-state index in [0.717, 1.165) is 23.4 Å². The molecule has 3 rings (SSSR count). The summed E-state index contributed by atoms with van der Waals surface area (Å²) < 4.78 is 5.45. The van der Waals surface area contributed by atoms with Crippen LogP contribution in [0.4, 0.5) is 5.69 Å². The molecule has 2 aromatic rings. The Morgan fingerprint density at radius 3 is 2.43 bits per heavy atom. The van der Waals surface area contributed by atoms with E-state index < -0.39 is 0 Å². The first-order valence-corrected chi connectivity index (χ1v) is 9.92. The van der Waals surface area contributed by atoms with Gasteiger partial charge < -0.3 is 15.0 Å². The normalized spacial score (nSPS) is 17.5. The number of carbonyl (C=O) groups is 2. The third-order valence-corrected chi connectivity index (χ3v) is 5.16. The van der Waals surface area contributed by atoms with Crippen molar-refractivity contribution in [3.8, 4) is 5.75 Å². The van der Waals surface area contributed by atoms with E-state index in [0.29, 0.717) is 13.2 Å². The van der Waals surface area contributed by atoms with Gasteiger partial charge in [0.1, 0.15) is 5.75 Å². The predicted octanol–water partition coefficient (Wildman–Crippen LogP) is 4.01. The monoisotopic (exact) mass is 380 g/mol. The highest BCUT2D eigenvalue weighted by Crippen LogP contribution is 2.28. The lowest BCUT2D eigenvalue weighted by Gasteiger charge is -2.21. The fourth-order valence-electron chi connectivity index (χ4n) is 3.53. The Kier molecular flexibility index (Phi) is 6.34. The molecule has 148 valence electrons. The average Bonchev–Trinajstić information content (AvgIpc) is 3.09. The maximum Gasteiger partial charge on any atom is 0.227 e. The van der Waals surface area contributed by atoms with E-state index in [2.05, 4.69) is 36.5 Å². The molecule has 2 amide bonds. The summed E-state index contributed by atoms with van der Waals surface area (Å²) in [6.07, 6.45) is 1.04. The quantitative estimate of drug-likeness (QED) is 0.789. The molecule has 1 saturated heterocycles. The lowest BCUT2D eigenvalue weighted by atomic mass is 10.0. The van der Waals surface area contributed by atoms with Crippen molar-refractivity contribution in [2.24, 2.45) is 5.92 Å². The van der Waals surface area contributed by atoms with Gasteiger partial charge in [0.05, 0.1) is 18.6 Å². The van der Waals surface area contributed by atoms with Gasteiger partial charge in [-0.25, -0.2) is 0 Å². The summed E-state index contributed by atoms with van der Waals surface area (Å²) in [5.74, 6) is 0.358. The molecule has 1 aliphatic rings. The van der Waals surface area contributed by atoms with Gasteiger partial charge in [-0.1, -0.05) is 36.8 Å². The molecule has 1 N–H and O–H groups in total. The Labute approximate surface area is 166 Å². The lowest BCUT2D eigenvalue weighted by molar-refractivity contribution is -0.127. The summed E-state index contributed by atoms with van der Waals surface area (Å²) >= 11 is 0. The Morgan fingerprint density at radius 2 is 1.82 bits per heavy atom. The van der Waals surface area contributed by atoms with E-state index in [1.54, 1.807) is 4.90 Å². The second-order valence-corrected chi connectivity index (χ2v) is 7.21. The molecule has 1 aliphatic heterocycles. The SMILES string of the molecule is CCOc1ccc(N2CC(C(=O)NC(CC)c3ccc(C)cc3)CC2=O)cc1. The van der Waals surface area contributed by atoms with Gasteiger partial charge in [-0.2, -0.15) is 0 Å². The van der Waals surface area contributed by atoms with Gasteiger partial charge in [0.2, 0.25) is 11.8 Å². The number of amides is 2. The van der Waals surface area contributed by atoms with Crippen molar-refractivity contribution in [3.63, 3.8) is 0 Å². The lowest BCUT2D eigenvalue weighted by Crippen LogP contribution is -2.35. The predicted molar refractivity (Wildman–Crippen MR) is 110 cm³/mol. The van der Waals surface area contributed by atoms with Gasteiger partial charge in [0, 0.05) is 18.7 Å². The molecule has 0 saturated carbocycles. The van der Waals surface area contributed by atoms with Crippen LogP contribution in [0.3, 0.4) is 0 Å². The van der Waals surface area contributed by atoms with Crippen LogP contribution in [0.25, 0.3) is 0 Å². The van der Waals surface area contributed by atoms with Crippen molar-refractivity contribution in [1.82, 2.24) is 5.32 Å². The summed E-state index contributed by atoms with van der Waals surface area (Å²) in [5.41, 5.74) is 3.08. The summed E-state index contributed by atoms with van der Waals surface area (Å²) in [6.45, 7) is 7.04. The highest BCUT2D eigenvalue weighted by molar-refractivity contribution is 6.00. The number of anilines is 1. The van der Waals surface area contributed by atoms with Crippen LogP contribution < -0.4 is 15.0 Å². The van der Waals surface area contributed by atoms with Crippen molar-refractivity contribution < 1.29 is 14.3 Å². The van der Waals surface area contributed by atoms with Crippen LogP contribution in [-0.2, 0) is 9.59 Å². The molecule has 0 bridgehead atoms. The number of nitrogens with one attached hydrogen (secondary N) is 1. The molecular weight excluding hydrogens is 352 g/mol. The van der Waals surface area contributed by atoms with Crippen molar-refractivity contribution in [2.75, 3.05) is 18.1 Å². The number of hydrogen-bond acceptors (Lipinski definition) is 3. The molecule has 2 atom stereocenters. The van der Waals surface area contributed by atoms with Crippen LogP contribution in [0.5, 0.6) is 5.75 Å². The summed E-state index contributed by atoms with van der Waals surface area (Å²) in [5, 5.41) is 3.12. The molecule has 0 spiro atoms. The Morgan fingerprint density at radius 1 is 1.14 bits per heavy atom. The van der Waals surface area contributed by atoms with Gasteiger partial charge in [-0.3, -0.25) is 9.59 Å². The molecule has 5 nitrogen and oxygen atoms in total. The van der Waals surface area contributed by atoms with Crippen LogP contribution in [-0.4, -0.2) is 25.0 Å². The first-order valence-electron chi connectivity index (χ1n) is 9.92. The number of rotatable bonds is 7. The zero-order chi connectivity index (χ0) is 20.1. The highest BCUT2D eigenvalue weighted by Gasteiger charge is 2.35. The van der Waals surface area contributed by atoms with Crippen molar-refractivity contribution in [2.45, 2.75) is 39.7 Å². The van der Waals surface area contributed by atoms with E-state index >= 15 is 0 Å². The van der Waals surface area contributed by atoms with Crippen molar-refractivity contribution >= 4 is 17.5 Å².